The third-order valence-corrected chi connectivity index (χ3v) is 3.62. The number of rotatable bonds is 9. The number of hydrogen-bond donors (Lipinski definition) is 2. The van der Waals surface area contributed by atoms with Crippen molar-refractivity contribution in [3.8, 4) is 0 Å². The van der Waals surface area contributed by atoms with Gasteiger partial charge in [-0.1, -0.05) is 42.5 Å². The molecule has 0 radical (unpaired) electrons. The zero-order valence-electron chi connectivity index (χ0n) is 15.3. The molecular weight excluding hydrogens is 344 g/mol. The zero-order valence-corrected chi connectivity index (χ0v) is 15.3. The summed E-state index contributed by atoms with van der Waals surface area (Å²) in [5.74, 6) is -0.714. The average Bonchev–Trinajstić information content (AvgIpc) is 2.68. The normalized spacial score (nSPS) is 11.9. The number of carbonyl (C=O) groups is 2. The minimum Gasteiger partial charge on any atom is -0.463 e. The van der Waals surface area contributed by atoms with Crippen LogP contribution in [0.1, 0.15) is 18.1 Å². The van der Waals surface area contributed by atoms with Crippen LogP contribution in [-0.2, 0) is 25.7 Å². The molecule has 1 unspecified atom stereocenters. The van der Waals surface area contributed by atoms with Crippen LogP contribution in [0.2, 0.25) is 0 Å². The van der Waals surface area contributed by atoms with E-state index >= 15 is 0 Å². The highest BCUT2D eigenvalue weighted by Crippen LogP contribution is 2.11. The summed E-state index contributed by atoms with van der Waals surface area (Å²) in [6, 6.07) is 15.9. The van der Waals surface area contributed by atoms with Crippen molar-refractivity contribution >= 4 is 23.6 Å². The molecule has 1 amide bonds. The van der Waals surface area contributed by atoms with Gasteiger partial charge in [0, 0.05) is 11.8 Å². The maximum Gasteiger partial charge on any atom is 0.330 e. The van der Waals surface area contributed by atoms with Crippen molar-refractivity contribution in [1.29, 1.82) is 0 Å². The van der Waals surface area contributed by atoms with Crippen LogP contribution in [0.5, 0.6) is 0 Å². The molecule has 0 spiro atoms. The van der Waals surface area contributed by atoms with Gasteiger partial charge < -0.3 is 20.5 Å². The van der Waals surface area contributed by atoms with Crippen LogP contribution < -0.4 is 11.1 Å². The van der Waals surface area contributed by atoms with Gasteiger partial charge in [-0.25, -0.2) is 4.79 Å². The van der Waals surface area contributed by atoms with E-state index in [1.165, 1.54) is 6.08 Å². The fourth-order valence-corrected chi connectivity index (χ4v) is 2.22. The van der Waals surface area contributed by atoms with E-state index in [1.54, 1.807) is 37.3 Å². The fraction of sp³-hybridized carbons (Fsp3) is 0.238. The van der Waals surface area contributed by atoms with Gasteiger partial charge in [0.25, 0.3) is 0 Å². The van der Waals surface area contributed by atoms with Gasteiger partial charge in [0.15, 0.2) is 0 Å². The van der Waals surface area contributed by atoms with Crippen LogP contribution in [0.25, 0.3) is 6.08 Å². The van der Waals surface area contributed by atoms with Crippen molar-refractivity contribution < 1.29 is 19.1 Å². The van der Waals surface area contributed by atoms with Gasteiger partial charge >= 0.3 is 5.97 Å². The van der Waals surface area contributed by atoms with E-state index in [1.807, 2.05) is 30.3 Å². The lowest BCUT2D eigenvalue weighted by Crippen LogP contribution is -2.39. The van der Waals surface area contributed by atoms with Crippen LogP contribution in [-0.4, -0.2) is 31.1 Å². The molecule has 0 aliphatic carbocycles. The van der Waals surface area contributed by atoms with Gasteiger partial charge in [0.1, 0.15) is 6.04 Å². The first kappa shape index (κ1) is 20.4. The minimum absolute atomic E-state index is 0.126. The van der Waals surface area contributed by atoms with E-state index in [4.69, 9.17) is 15.2 Å². The number of nitrogens with two attached hydrogens (primary N) is 1. The molecule has 1 atom stereocenters. The molecule has 0 aromatic heterocycles. The maximum atomic E-state index is 12.1. The van der Waals surface area contributed by atoms with E-state index in [-0.39, 0.29) is 12.5 Å². The highest BCUT2D eigenvalue weighted by atomic mass is 16.5. The van der Waals surface area contributed by atoms with Crippen molar-refractivity contribution in [3.05, 3.63) is 71.8 Å². The second-order valence-electron chi connectivity index (χ2n) is 5.80. The lowest BCUT2D eigenvalue weighted by Gasteiger charge is -2.13. The van der Waals surface area contributed by atoms with E-state index in [0.717, 1.165) is 11.1 Å². The average molecular weight is 368 g/mol. The zero-order chi connectivity index (χ0) is 19.5. The standard InChI is InChI=1S/C21H24N2O4/c1-2-27-20(24)13-10-16-8-11-18(12-9-16)23-21(25)19(22)15-26-14-17-6-4-3-5-7-17/h3-13,19H,2,14-15,22H2,1H3,(H,23,25). The molecule has 2 aromatic rings. The Morgan fingerprint density at radius 2 is 1.81 bits per heavy atom. The number of ether oxygens (including phenoxy) is 2. The molecule has 0 saturated carbocycles. The Morgan fingerprint density at radius 1 is 1.11 bits per heavy atom. The second-order valence-corrected chi connectivity index (χ2v) is 5.80. The molecule has 6 nitrogen and oxygen atoms in total. The van der Waals surface area contributed by atoms with E-state index in [2.05, 4.69) is 5.32 Å². The van der Waals surface area contributed by atoms with Crippen molar-refractivity contribution in [2.24, 2.45) is 5.73 Å². The summed E-state index contributed by atoms with van der Waals surface area (Å²) in [4.78, 5) is 23.4. The fourth-order valence-electron chi connectivity index (χ4n) is 2.22. The summed E-state index contributed by atoms with van der Waals surface area (Å²) in [6.07, 6.45) is 3.00. The number of esters is 1. The monoisotopic (exact) mass is 368 g/mol. The Balaban J connectivity index is 1.78. The molecule has 0 saturated heterocycles. The summed E-state index contributed by atoms with van der Waals surface area (Å²) in [7, 11) is 0. The molecule has 27 heavy (non-hydrogen) atoms. The maximum absolute atomic E-state index is 12.1. The number of anilines is 1. The molecule has 2 aromatic carbocycles. The molecule has 0 heterocycles. The summed E-state index contributed by atoms with van der Waals surface area (Å²) in [6.45, 7) is 2.62. The highest BCUT2D eigenvalue weighted by molar-refractivity contribution is 5.95. The highest BCUT2D eigenvalue weighted by Gasteiger charge is 2.13. The van der Waals surface area contributed by atoms with E-state index < -0.39 is 12.0 Å². The van der Waals surface area contributed by atoms with Gasteiger partial charge in [-0.15, -0.1) is 0 Å². The lowest BCUT2D eigenvalue weighted by atomic mass is 10.2. The third-order valence-electron chi connectivity index (χ3n) is 3.62. The minimum atomic E-state index is -0.767. The van der Waals surface area contributed by atoms with E-state index in [0.29, 0.717) is 18.9 Å². The molecule has 0 bridgehead atoms. The Bertz CT molecular complexity index is 758. The molecule has 142 valence electrons. The van der Waals surface area contributed by atoms with E-state index in [9.17, 15) is 9.59 Å². The summed E-state index contributed by atoms with van der Waals surface area (Å²) >= 11 is 0. The number of hydrogen-bond acceptors (Lipinski definition) is 5. The predicted molar refractivity (Wildman–Crippen MR) is 105 cm³/mol. The first-order chi connectivity index (χ1) is 13.1. The van der Waals surface area contributed by atoms with Crippen LogP contribution in [0.4, 0.5) is 5.69 Å². The van der Waals surface area contributed by atoms with Gasteiger partial charge in [-0.2, -0.15) is 0 Å². The van der Waals surface area contributed by atoms with Crippen LogP contribution in [0.3, 0.4) is 0 Å². The first-order valence-electron chi connectivity index (χ1n) is 8.71. The Kier molecular flexibility index (Phi) is 8.22. The lowest BCUT2D eigenvalue weighted by molar-refractivity contribution is -0.137. The quantitative estimate of drug-likeness (QED) is 0.525. The third kappa shape index (κ3) is 7.43. The summed E-state index contributed by atoms with van der Waals surface area (Å²) < 4.78 is 10.3. The van der Waals surface area contributed by atoms with Crippen LogP contribution >= 0.6 is 0 Å². The Morgan fingerprint density at radius 3 is 2.48 bits per heavy atom. The van der Waals surface area contributed by atoms with Crippen LogP contribution in [0, 0.1) is 0 Å². The molecule has 0 aliphatic heterocycles. The van der Waals surface area contributed by atoms with Crippen molar-refractivity contribution in [3.63, 3.8) is 0 Å². The molecule has 0 fully saturated rings. The molecule has 3 N–H and O–H groups in total. The summed E-state index contributed by atoms with van der Waals surface area (Å²) in [5.41, 5.74) is 8.33. The van der Waals surface area contributed by atoms with Crippen molar-refractivity contribution in [2.45, 2.75) is 19.6 Å². The topological polar surface area (TPSA) is 90.7 Å². The van der Waals surface area contributed by atoms with Gasteiger partial charge in [-0.3, -0.25) is 4.79 Å². The molecule has 0 aliphatic rings. The molecule has 6 heteroatoms. The van der Waals surface area contributed by atoms with Gasteiger partial charge in [-0.05, 0) is 36.3 Å². The number of benzene rings is 2. The molecule has 2 rings (SSSR count). The number of nitrogens with one attached hydrogen (secondary N) is 1. The Hall–Kier alpha value is -2.96. The number of amides is 1. The SMILES string of the molecule is CCOC(=O)C=Cc1ccc(NC(=O)C(N)COCc2ccccc2)cc1. The largest absolute Gasteiger partial charge is 0.463 e. The van der Waals surface area contributed by atoms with Gasteiger partial charge in [0.2, 0.25) is 5.91 Å². The second kappa shape index (κ2) is 10.9. The van der Waals surface area contributed by atoms with Gasteiger partial charge in [0.05, 0.1) is 19.8 Å². The van der Waals surface area contributed by atoms with Crippen molar-refractivity contribution in [1.82, 2.24) is 0 Å². The van der Waals surface area contributed by atoms with Crippen LogP contribution in [0.15, 0.2) is 60.7 Å². The first-order valence-corrected chi connectivity index (χ1v) is 8.71. The number of carbonyl (C=O) groups excluding carboxylic acids is 2. The molecular formula is C21H24N2O4. The van der Waals surface area contributed by atoms with Crippen molar-refractivity contribution in [2.75, 3.05) is 18.5 Å². The predicted octanol–water partition coefficient (Wildman–Crippen LogP) is 2.75. The summed E-state index contributed by atoms with van der Waals surface area (Å²) in [5, 5.41) is 2.74. The smallest absolute Gasteiger partial charge is 0.330 e. The Labute approximate surface area is 159 Å².